The monoisotopic (exact) mass is 165 g/mol. The highest BCUT2D eigenvalue weighted by Gasteiger charge is 1.96. The number of rotatable bonds is 2. The summed E-state index contributed by atoms with van der Waals surface area (Å²) in [5, 5.41) is 3.08. The first-order valence-electron chi connectivity index (χ1n) is 3.57. The minimum absolute atomic E-state index is 1.09. The van der Waals surface area contributed by atoms with E-state index >= 15 is 0 Å². The largest absolute Gasteiger partial charge is 0.245 e. The van der Waals surface area contributed by atoms with Gasteiger partial charge in [0.25, 0.3) is 0 Å². The van der Waals surface area contributed by atoms with E-state index in [1.165, 1.54) is 5.57 Å². The van der Waals surface area contributed by atoms with Crippen molar-refractivity contribution in [2.45, 2.75) is 13.8 Å². The lowest BCUT2D eigenvalue weighted by Crippen LogP contribution is -1.75. The van der Waals surface area contributed by atoms with Crippen molar-refractivity contribution in [3.8, 4) is 0 Å². The minimum Gasteiger partial charge on any atom is -0.245 e. The van der Waals surface area contributed by atoms with Gasteiger partial charge in [0.1, 0.15) is 5.01 Å². The molecule has 0 atom stereocenters. The minimum atomic E-state index is 1.09. The molecular weight excluding hydrogens is 154 g/mol. The highest BCUT2D eigenvalue weighted by molar-refractivity contribution is 7.10. The normalized spacial score (nSPS) is 12.7. The zero-order valence-electron chi connectivity index (χ0n) is 6.74. The SMILES string of the molecule is C/C=C\C(=C/C)c1nccs1. The summed E-state index contributed by atoms with van der Waals surface area (Å²) in [7, 11) is 0. The molecule has 0 bridgehead atoms. The third-order valence-electron chi connectivity index (χ3n) is 1.34. The Bertz CT molecular complexity index is 257. The fraction of sp³-hybridized carbons (Fsp3) is 0.222. The summed E-state index contributed by atoms with van der Waals surface area (Å²) in [5.74, 6) is 0. The lowest BCUT2D eigenvalue weighted by atomic mass is 10.2. The molecule has 2 heteroatoms. The maximum Gasteiger partial charge on any atom is 0.122 e. The van der Waals surface area contributed by atoms with Crippen LogP contribution in [-0.4, -0.2) is 4.98 Å². The molecule has 1 aromatic heterocycles. The van der Waals surface area contributed by atoms with Crippen LogP contribution in [0.15, 0.2) is 29.8 Å². The summed E-state index contributed by atoms with van der Waals surface area (Å²) in [4.78, 5) is 4.20. The van der Waals surface area contributed by atoms with Crippen LogP contribution in [0, 0.1) is 0 Å². The molecule has 0 fully saturated rings. The van der Waals surface area contributed by atoms with Gasteiger partial charge in [-0.25, -0.2) is 4.98 Å². The Morgan fingerprint density at radius 3 is 2.82 bits per heavy atom. The van der Waals surface area contributed by atoms with Gasteiger partial charge in [0.15, 0.2) is 0 Å². The molecule has 0 spiro atoms. The highest BCUT2D eigenvalue weighted by Crippen LogP contribution is 2.17. The van der Waals surface area contributed by atoms with Crippen molar-refractivity contribution in [2.75, 3.05) is 0 Å². The van der Waals surface area contributed by atoms with Crippen LogP contribution in [0.2, 0.25) is 0 Å². The van der Waals surface area contributed by atoms with Gasteiger partial charge in [-0.3, -0.25) is 0 Å². The van der Waals surface area contributed by atoms with Crippen molar-refractivity contribution < 1.29 is 0 Å². The van der Waals surface area contributed by atoms with Gasteiger partial charge in [-0.2, -0.15) is 0 Å². The maximum absolute atomic E-state index is 4.20. The zero-order chi connectivity index (χ0) is 8.10. The second kappa shape index (κ2) is 4.09. The van der Waals surface area contributed by atoms with E-state index in [0.717, 1.165) is 5.01 Å². The number of thiazole rings is 1. The number of hydrogen-bond donors (Lipinski definition) is 0. The smallest absolute Gasteiger partial charge is 0.122 e. The second-order valence-electron chi connectivity index (χ2n) is 2.08. The Labute approximate surface area is 71.1 Å². The third kappa shape index (κ3) is 2.02. The van der Waals surface area contributed by atoms with E-state index in [-0.39, 0.29) is 0 Å². The summed E-state index contributed by atoms with van der Waals surface area (Å²) in [6.45, 7) is 4.04. The highest BCUT2D eigenvalue weighted by atomic mass is 32.1. The van der Waals surface area contributed by atoms with E-state index in [2.05, 4.69) is 17.1 Å². The van der Waals surface area contributed by atoms with E-state index < -0.39 is 0 Å². The van der Waals surface area contributed by atoms with Crippen molar-refractivity contribution in [1.29, 1.82) is 0 Å². The first-order valence-corrected chi connectivity index (χ1v) is 4.45. The van der Waals surface area contributed by atoms with Gasteiger partial charge < -0.3 is 0 Å². The van der Waals surface area contributed by atoms with Crippen LogP contribution in [0.4, 0.5) is 0 Å². The van der Waals surface area contributed by atoms with Crippen LogP contribution in [0.25, 0.3) is 5.57 Å². The average molecular weight is 165 g/mol. The fourth-order valence-corrected chi connectivity index (χ4v) is 1.53. The fourth-order valence-electron chi connectivity index (χ4n) is 0.837. The number of allylic oxidation sites excluding steroid dienone is 4. The number of hydrogen-bond acceptors (Lipinski definition) is 2. The van der Waals surface area contributed by atoms with Crippen molar-refractivity contribution in [3.05, 3.63) is 34.8 Å². The van der Waals surface area contributed by atoms with E-state index in [4.69, 9.17) is 0 Å². The summed E-state index contributed by atoms with van der Waals surface area (Å²) in [5.41, 5.74) is 1.20. The molecule has 0 aromatic carbocycles. The topological polar surface area (TPSA) is 12.9 Å². The molecule has 0 aliphatic carbocycles. The average Bonchev–Trinajstić information content (AvgIpc) is 2.52. The van der Waals surface area contributed by atoms with Gasteiger partial charge in [0.05, 0.1) is 0 Å². The predicted octanol–water partition coefficient (Wildman–Crippen LogP) is 3.12. The van der Waals surface area contributed by atoms with Crippen LogP contribution >= 0.6 is 11.3 Å². The lowest BCUT2D eigenvalue weighted by molar-refractivity contribution is 1.37. The van der Waals surface area contributed by atoms with Gasteiger partial charge in [0.2, 0.25) is 0 Å². The summed E-state index contributed by atoms with van der Waals surface area (Å²) in [6.07, 6.45) is 7.99. The molecule has 1 nitrogen and oxygen atoms in total. The molecule has 0 amide bonds. The third-order valence-corrected chi connectivity index (χ3v) is 2.16. The number of aromatic nitrogens is 1. The molecule has 0 radical (unpaired) electrons. The lowest BCUT2D eigenvalue weighted by Gasteiger charge is -1.92. The van der Waals surface area contributed by atoms with E-state index in [1.54, 1.807) is 11.3 Å². The van der Waals surface area contributed by atoms with E-state index in [1.807, 2.05) is 31.5 Å². The van der Waals surface area contributed by atoms with E-state index in [9.17, 15) is 0 Å². The van der Waals surface area contributed by atoms with Crippen LogP contribution in [0.1, 0.15) is 18.9 Å². The molecule has 0 aliphatic heterocycles. The van der Waals surface area contributed by atoms with Crippen molar-refractivity contribution in [1.82, 2.24) is 4.98 Å². The Balaban J connectivity index is 2.89. The molecule has 0 unspecified atom stereocenters. The Kier molecular flexibility index (Phi) is 3.05. The maximum atomic E-state index is 4.20. The van der Waals surface area contributed by atoms with E-state index in [0.29, 0.717) is 0 Å². The molecule has 1 rings (SSSR count). The standard InChI is InChI=1S/C9H11NS/c1-3-5-8(4-2)9-10-6-7-11-9/h3-7H,1-2H3/b5-3-,8-4+. The molecule has 1 heterocycles. The Hall–Kier alpha value is -0.890. The van der Waals surface area contributed by atoms with Gasteiger partial charge in [-0.05, 0) is 13.8 Å². The van der Waals surface area contributed by atoms with Crippen LogP contribution in [-0.2, 0) is 0 Å². The van der Waals surface area contributed by atoms with Crippen molar-refractivity contribution >= 4 is 16.9 Å². The molecule has 0 saturated carbocycles. The van der Waals surface area contributed by atoms with Crippen LogP contribution in [0.5, 0.6) is 0 Å². The molecule has 0 N–H and O–H groups in total. The van der Waals surface area contributed by atoms with Crippen LogP contribution < -0.4 is 0 Å². The summed E-state index contributed by atoms with van der Waals surface area (Å²) in [6, 6.07) is 0. The predicted molar refractivity (Wildman–Crippen MR) is 50.6 cm³/mol. The zero-order valence-corrected chi connectivity index (χ0v) is 7.56. The van der Waals surface area contributed by atoms with Gasteiger partial charge in [-0.15, -0.1) is 11.3 Å². The summed E-state index contributed by atoms with van der Waals surface area (Å²) >= 11 is 1.66. The molecule has 0 saturated heterocycles. The second-order valence-corrected chi connectivity index (χ2v) is 2.98. The Morgan fingerprint density at radius 2 is 2.36 bits per heavy atom. The molecule has 58 valence electrons. The van der Waals surface area contributed by atoms with Gasteiger partial charge in [-0.1, -0.05) is 18.2 Å². The van der Waals surface area contributed by atoms with Gasteiger partial charge in [0, 0.05) is 17.2 Å². The van der Waals surface area contributed by atoms with Crippen LogP contribution in [0.3, 0.4) is 0 Å². The van der Waals surface area contributed by atoms with Crippen molar-refractivity contribution in [3.63, 3.8) is 0 Å². The summed E-state index contributed by atoms with van der Waals surface area (Å²) < 4.78 is 0. The molecular formula is C9H11NS. The molecule has 1 aromatic rings. The first-order chi connectivity index (χ1) is 5.38. The molecule has 0 aliphatic rings. The Morgan fingerprint density at radius 1 is 1.55 bits per heavy atom. The quantitative estimate of drug-likeness (QED) is 0.613. The number of nitrogens with zero attached hydrogens (tertiary/aromatic N) is 1. The van der Waals surface area contributed by atoms with Gasteiger partial charge >= 0.3 is 0 Å². The van der Waals surface area contributed by atoms with Crippen molar-refractivity contribution in [2.24, 2.45) is 0 Å². The first kappa shape index (κ1) is 8.21. The molecule has 11 heavy (non-hydrogen) atoms.